The van der Waals surface area contributed by atoms with Crippen molar-refractivity contribution >= 4 is 5.91 Å². The maximum absolute atomic E-state index is 12.6. The molecule has 0 spiro atoms. The fraction of sp³-hybridized carbons (Fsp3) is 0.947. The molecule has 2 bridgehead atoms. The summed E-state index contributed by atoms with van der Waals surface area (Å²) in [4.78, 5) is 17.3. The molecule has 1 N–H and O–H groups in total. The molecular weight excluding hydrogens is 286 g/mol. The summed E-state index contributed by atoms with van der Waals surface area (Å²) in [6.07, 6.45) is 7.10. The molecular formula is C19H35N3O. The second-order valence-corrected chi connectivity index (χ2v) is 9.21. The molecule has 3 rings (SSSR count). The van der Waals surface area contributed by atoms with Gasteiger partial charge in [-0.15, -0.1) is 0 Å². The lowest BCUT2D eigenvalue weighted by Gasteiger charge is -2.37. The van der Waals surface area contributed by atoms with Gasteiger partial charge in [0.25, 0.3) is 0 Å². The zero-order valence-corrected chi connectivity index (χ0v) is 15.3. The van der Waals surface area contributed by atoms with E-state index < -0.39 is 0 Å². The van der Waals surface area contributed by atoms with E-state index in [0.29, 0.717) is 29.3 Å². The van der Waals surface area contributed by atoms with Crippen molar-refractivity contribution in [3.8, 4) is 0 Å². The van der Waals surface area contributed by atoms with Crippen LogP contribution in [0.5, 0.6) is 0 Å². The van der Waals surface area contributed by atoms with Crippen molar-refractivity contribution in [2.45, 2.75) is 71.4 Å². The topological polar surface area (TPSA) is 35.6 Å². The Labute approximate surface area is 142 Å². The molecule has 132 valence electrons. The van der Waals surface area contributed by atoms with Crippen LogP contribution in [0.15, 0.2) is 0 Å². The number of fused-ring (bicyclic) bond motifs is 2. The van der Waals surface area contributed by atoms with Crippen molar-refractivity contribution in [3.63, 3.8) is 0 Å². The molecule has 3 saturated heterocycles. The monoisotopic (exact) mass is 321 g/mol. The van der Waals surface area contributed by atoms with Gasteiger partial charge in [-0.2, -0.15) is 0 Å². The van der Waals surface area contributed by atoms with Gasteiger partial charge in [0.05, 0.1) is 0 Å². The van der Waals surface area contributed by atoms with Gasteiger partial charge in [0, 0.05) is 44.7 Å². The van der Waals surface area contributed by atoms with E-state index in [0.717, 1.165) is 32.6 Å². The van der Waals surface area contributed by atoms with E-state index in [1.807, 2.05) is 0 Å². The molecule has 0 aromatic rings. The minimum Gasteiger partial charge on any atom is -0.340 e. The molecule has 0 saturated carbocycles. The Balaban J connectivity index is 1.38. The quantitative estimate of drug-likeness (QED) is 0.864. The van der Waals surface area contributed by atoms with Gasteiger partial charge in [0.2, 0.25) is 5.91 Å². The Morgan fingerprint density at radius 2 is 1.65 bits per heavy atom. The van der Waals surface area contributed by atoms with Crippen molar-refractivity contribution in [3.05, 3.63) is 0 Å². The summed E-state index contributed by atoms with van der Waals surface area (Å²) in [7, 11) is 0. The Morgan fingerprint density at radius 3 is 2.22 bits per heavy atom. The maximum Gasteiger partial charge on any atom is 0.222 e. The summed E-state index contributed by atoms with van der Waals surface area (Å²) in [6, 6.07) is 1.39. The highest BCUT2D eigenvalue weighted by Crippen LogP contribution is 2.33. The Kier molecular flexibility index (Phi) is 5.32. The first-order valence-electron chi connectivity index (χ1n) is 9.65. The van der Waals surface area contributed by atoms with Gasteiger partial charge in [-0.3, -0.25) is 9.69 Å². The van der Waals surface area contributed by atoms with Gasteiger partial charge in [0.15, 0.2) is 0 Å². The molecule has 0 radical (unpaired) electrons. The first kappa shape index (κ1) is 17.2. The lowest BCUT2D eigenvalue weighted by Crippen LogP contribution is -2.50. The third-order valence-electron chi connectivity index (χ3n) is 5.94. The number of amides is 1. The molecule has 3 heterocycles. The largest absolute Gasteiger partial charge is 0.340 e. The molecule has 2 atom stereocenters. The molecule has 3 fully saturated rings. The smallest absolute Gasteiger partial charge is 0.222 e. The van der Waals surface area contributed by atoms with E-state index in [-0.39, 0.29) is 0 Å². The predicted molar refractivity (Wildman–Crippen MR) is 94.4 cm³/mol. The lowest BCUT2D eigenvalue weighted by atomic mass is 9.89. The number of rotatable bonds is 4. The van der Waals surface area contributed by atoms with Crippen molar-refractivity contribution in [1.82, 2.24) is 15.1 Å². The summed E-state index contributed by atoms with van der Waals surface area (Å²) in [5.74, 6) is 1.03. The Morgan fingerprint density at radius 1 is 1.04 bits per heavy atom. The van der Waals surface area contributed by atoms with E-state index in [4.69, 9.17) is 0 Å². The van der Waals surface area contributed by atoms with Crippen molar-refractivity contribution < 1.29 is 4.79 Å². The molecule has 23 heavy (non-hydrogen) atoms. The van der Waals surface area contributed by atoms with Crippen LogP contribution in [-0.4, -0.2) is 60.5 Å². The number of nitrogens with zero attached hydrogens (tertiary/aromatic N) is 2. The van der Waals surface area contributed by atoms with Gasteiger partial charge in [-0.25, -0.2) is 0 Å². The van der Waals surface area contributed by atoms with Gasteiger partial charge in [-0.1, -0.05) is 20.8 Å². The highest BCUT2D eigenvalue weighted by atomic mass is 16.2. The van der Waals surface area contributed by atoms with E-state index in [2.05, 4.69) is 35.9 Å². The summed E-state index contributed by atoms with van der Waals surface area (Å²) in [6.45, 7) is 12.1. The highest BCUT2D eigenvalue weighted by Gasteiger charge is 2.35. The zero-order chi connectivity index (χ0) is 16.4. The van der Waals surface area contributed by atoms with Gasteiger partial charge < -0.3 is 10.2 Å². The molecule has 0 aromatic carbocycles. The molecule has 4 nitrogen and oxygen atoms in total. The normalized spacial score (nSPS) is 32.3. The Hall–Kier alpha value is -0.610. The number of hydrogen-bond acceptors (Lipinski definition) is 3. The summed E-state index contributed by atoms with van der Waals surface area (Å²) in [5.41, 5.74) is 0.404. The predicted octanol–water partition coefficient (Wildman–Crippen LogP) is 2.49. The van der Waals surface area contributed by atoms with Crippen LogP contribution in [0.2, 0.25) is 0 Å². The molecule has 4 heteroatoms. The first-order valence-corrected chi connectivity index (χ1v) is 9.65. The Bertz CT molecular complexity index is 397. The van der Waals surface area contributed by atoms with Crippen LogP contribution >= 0.6 is 0 Å². The average molecular weight is 322 g/mol. The van der Waals surface area contributed by atoms with Crippen LogP contribution in [0.25, 0.3) is 0 Å². The minimum absolute atomic E-state index is 0.404. The number of hydrogen-bond donors (Lipinski definition) is 1. The van der Waals surface area contributed by atoms with Crippen LogP contribution in [-0.2, 0) is 4.79 Å². The van der Waals surface area contributed by atoms with E-state index >= 15 is 0 Å². The maximum atomic E-state index is 12.6. The molecule has 0 aromatic heterocycles. The van der Waals surface area contributed by atoms with Crippen molar-refractivity contribution in [1.29, 1.82) is 0 Å². The number of piperazine rings is 1. The first-order chi connectivity index (χ1) is 10.9. The second kappa shape index (κ2) is 7.10. The SMILES string of the molecule is CC(C)(C)CCN1CCN(C(=O)CC2CC3CCC(C2)N3)CC1. The third-order valence-corrected chi connectivity index (χ3v) is 5.94. The van der Waals surface area contributed by atoms with Gasteiger partial charge in [0.1, 0.15) is 0 Å². The van der Waals surface area contributed by atoms with Crippen LogP contribution in [0.4, 0.5) is 0 Å². The van der Waals surface area contributed by atoms with E-state index in [1.54, 1.807) is 0 Å². The summed E-state index contributed by atoms with van der Waals surface area (Å²) < 4.78 is 0. The van der Waals surface area contributed by atoms with E-state index in [9.17, 15) is 4.79 Å². The van der Waals surface area contributed by atoms with Crippen LogP contribution in [0.3, 0.4) is 0 Å². The van der Waals surface area contributed by atoms with Crippen molar-refractivity contribution in [2.24, 2.45) is 11.3 Å². The number of nitrogens with one attached hydrogen (secondary N) is 1. The molecule has 3 aliphatic rings. The fourth-order valence-electron chi connectivity index (χ4n) is 4.43. The van der Waals surface area contributed by atoms with Gasteiger partial charge >= 0.3 is 0 Å². The standard InChI is InChI=1S/C19H35N3O/c1-19(2,3)6-7-21-8-10-22(11-9-21)18(23)14-15-12-16-4-5-17(13-15)20-16/h15-17,20H,4-14H2,1-3H3. The molecule has 2 unspecified atom stereocenters. The summed E-state index contributed by atoms with van der Waals surface area (Å²) >= 11 is 0. The highest BCUT2D eigenvalue weighted by molar-refractivity contribution is 5.76. The molecule has 3 aliphatic heterocycles. The third kappa shape index (κ3) is 4.93. The average Bonchev–Trinajstić information content (AvgIpc) is 2.84. The fourth-order valence-corrected chi connectivity index (χ4v) is 4.43. The minimum atomic E-state index is 0.404. The second-order valence-electron chi connectivity index (χ2n) is 9.21. The number of carbonyl (C=O) groups is 1. The van der Waals surface area contributed by atoms with Crippen LogP contribution in [0, 0.1) is 11.3 Å². The number of carbonyl (C=O) groups excluding carboxylic acids is 1. The summed E-state index contributed by atoms with van der Waals surface area (Å²) in [5, 5.41) is 3.67. The van der Waals surface area contributed by atoms with Crippen molar-refractivity contribution in [2.75, 3.05) is 32.7 Å². The van der Waals surface area contributed by atoms with Gasteiger partial charge in [-0.05, 0) is 50.0 Å². The van der Waals surface area contributed by atoms with Crippen LogP contribution in [0.1, 0.15) is 59.3 Å². The number of piperidine rings is 1. The van der Waals surface area contributed by atoms with E-state index in [1.165, 1.54) is 38.6 Å². The molecule has 0 aliphatic carbocycles. The lowest BCUT2D eigenvalue weighted by molar-refractivity contribution is -0.134. The zero-order valence-electron chi connectivity index (χ0n) is 15.3. The van der Waals surface area contributed by atoms with Crippen LogP contribution < -0.4 is 5.32 Å². The molecule has 1 amide bonds.